The molecule has 0 atom stereocenters. The summed E-state index contributed by atoms with van der Waals surface area (Å²) in [6, 6.07) is 0. The van der Waals surface area contributed by atoms with Gasteiger partial charge in [0.15, 0.2) is 0 Å². The Morgan fingerprint density at radius 2 is 2.36 bits per heavy atom. The Morgan fingerprint density at radius 1 is 1.57 bits per heavy atom. The van der Waals surface area contributed by atoms with Gasteiger partial charge in [-0.25, -0.2) is 0 Å². The molecule has 0 saturated heterocycles. The van der Waals surface area contributed by atoms with Crippen LogP contribution in [0.3, 0.4) is 0 Å². The number of aromatic nitrogens is 1. The number of nitrogens with zero attached hydrogens (tertiary/aromatic N) is 1. The lowest BCUT2D eigenvalue weighted by atomic mass is 9.97. The van der Waals surface area contributed by atoms with E-state index in [0.29, 0.717) is 0 Å². The zero-order chi connectivity index (χ0) is 10.2. The van der Waals surface area contributed by atoms with Gasteiger partial charge in [-0.3, -0.25) is 4.99 Å². The summed E-state index contributed by atoms with van der Waals surface area (Å²) in [7, 11) is 0. The Labute approximate surface area is 83.7 Å². The molecule has 0 saturated carbocycles. The lowest BCUT2D eigenvalue weighted by Gasteiger charge is -2.17. The van der Waals surface area contributed by atoms with Gasteiger partial charge in [0.05, 0.1) is 10.7 Å². The number of nitrogens with two attached hydrogens (primary N) is 1. The van der Waals surface area contributed by atoms with Crippen molar-refractivity contribution in [3.63, 3.8) is 0 Å². The molecule has 0 aromatic carbocycles. The molecule has 1 aliphatic rings. The van der Waals surface area contributed by atoms with E-state index in [1.165, 1.54) is 5.56 Å². The fraction of sp³-hybridized carbons (Fsp3) is 0.545. The van der Waals surface area contributed by atoms with Crippen molar-refractivity contribution in [2.45, 2.75) is 32.2 Å². The summed E-state index contributed by atoms with van der Waals surface area (Å²) in [5, 5.41) is 2.28. The molecule has 0 aliphatic carbocycles. The number of hydrogen-bond donors (Lipinski definition) is 2. The molecule has 3 nitrogen and oxygen atoms in total. The summed E-state index contributed by atoms with van der Waals surface area (Å²) >= 11 is 0. The molecule has 0 fully saturated rings. The summed E-state index contributed by atoms with van der Waals surface area (Å²) in [6.07, 6.45) is 6.15. The zero-order valence-corrected chi connectivity index (χ0v) is 8.80. The zero-order valence-electron chi connectivity index (χ0n) is 8.80. The van der Waals surface area contributed by atoms with Crippen molar-refractivity contribution in [2.75, 3.05) is 6.54 Å². The van der Waals surface area contributed by atoms with Gasteiger partial charge in [0.2, 0.25) is 0 Å². The van der Waals surface area contributed by atoms with Crippen molar-refractivity contribution >= 4 is 6.08 Å². The maximum atomic E-state index is 5.99. The van der Waals surface area contributed by atoms with Gasteiger partial charge in [0.25, 0.3) is 0 Å². The fourth-order valence-corrected chi connectivity index (χ4v) is 1.83. The Bertz CT molecular complexity index is 434. The third kappa shape index (κ3) is 1.87. The van der Waals surface area contributed by atoms with Crippen LogP contribution in [-0.2, 0) is 6.42 Å². The van der Waals surface area contributed by atoms with Crippen LogP contribution >= 0.6 is 0 Å². The minimum Gasteiger partial charge on any atom is -0.360 e. The van der Waals surface area contributed by atoms with E-state index in [2.05, 4.69) is 16.1 Å². The second-order valence-corrected chi connectivity index (χ2v) is 4.62. The Morgan fingerprint density at radius 3 is 3.07 bits per heavy atom. The summed E-state index contributed by atoms with van der Waals surface area (Å²) in [5.41, 5.74) is 7.07. The number of aromatic amines is 1. The SMILES string of the molecule is CC(C)(N)Cc1c[nH]c2c1=NCCC=2. The van der Waals surface area contributed by atoms with Gasteiger partial charge in [0, 0.05) is 18.3 Å². The van der Waals surface area contributed by atoms with E-state index < -0.39 is 0 Å². The molecule has 2 rings (SSSR count). The second kappa shape index (κ2) is 3.24. The van der Waals surface area contributed by atoms with Gasteiger partial charge in [0.1, 0.15) is 0 Å². The average molecular weight is 191 g/mol. The van der Waals surface area contributed by atoms with Crippen LogP contribution in [-0.4, -0.2) is 17.1 Å². The minimum absolute atomic E-state index is 0.164. The smallest absolute Gasteiger partial charge is 0.0852 e. The van der Waals surface area contributed by atoms with Crippen molar-refractivity contribution in [1.29, 1.82) is 0 Å². The summed E-state index contributed by atoms with van der Waals surface area (Å²) < 4.78 is 0. The van der Waals surface area contributed by atoms with Crippen molar-refractivity contribution in [2.24, 2.45) is 10.7 Å². The molecular formula is C11H17N3. The van der Waals surface area contributed by atoms with Gasteiger partial charge in [-0.2, -0.15) is 0 Å². The summed E-state index contributed by atoms with van der Waals surface area (Å²) in [4.78, 5) is 7.76. The van der Waals surface area contributed by atoms with Crippen molar-refractivity contribution in [3.8, 4) is 0 Å². The van der Waals surface area contributed by atoms with Crippen molar-refractivity contribution in [1.82, 2.24) is 4.98 Å². The predicted molar refractivity (Wildman–Crippen MR) is 57.5 cm³/mol. The maximum Gasteiger partial charge on any atom is 0.0852 e. The van der Waals surface area contributed by atoms with E-state index >= 15 is 0 Å². The number of fused-ring (bicyclic) bond motifs is 1. The highest BCUT2D eigenvalue weighted by Crippen LogP contribution is 2.04. The first-order chi connectivity index (χ1) is 6.56. The molecule has 14 heavy (non-hydrogen) atoms. The van der Waals surface area contributed by atoms with E-state index in [4.69, 9.17) is 5.73 Å². The lowest BCUT2D eigenvalue weighted by Crippen LogP contribution is -2.38. The normalized spacial score (nSPS) is 15.6. The average Bonchev–Trinajstić information content (AvgIpc) is 2.47. The standard InChI is InChI=1S/C11H17N3/c1-11(2,12)6-8-7-14-9-4-3-5-13-10(8)9/h4,7,14H,3,5-6,12H2,1-2H3. The van der Waals surface area contributed by atoms with Crippen LogP contribution < -0.4 is 16.4 Å². The summed E-state index contributed by atoms with van der Waals surface area (Å²) in [5.74, 6) is 0. The first-order valence-corrected chi connectivity index (χ1v) is 5.06. The molecule has 1 aliphatic heterocycles. The minimum atomic E-state index is -0.164. The van der Waals surface area contributed by atoms with Crippen molar-refractivity contribution in [3.05, 3.63) is 22.5 Å². The topological polar surface area (TPSA) is 54.2 Å². The Kier molecular flexibility index (Phi) is 2.19. The molecule has 76 valence electrons. The van der Waals surface area contributed by atoms with Gasteiger partial charge in [-0.15, -0.1) is 0 Å². The number of H-pyrrole nitrogens is 1. The largest absolute Gasteiger partial charge is 0.360 e. The van der Waals surface area contributed by atoms with E-state index in [9.17, 15) is 0 Å². The quantitative estimate of drug-likeness (QED) is 0.684. The lowest BCUT2D eigenvalue weighted by molar-refractivity contribution is 0.515. The van der Waals surface area contributed by atoms with Crippen LogP contribution in [0.4, 0.5) is 0 Å². The van der Waals surface area contributed by atoms with Crippen LogP contribution in [0.2, 0.25) is 0 Å². The van der Waals surface area contributed by atoms with Crippen LogP contribution in [0, 0.1) is 0 Å². The van der Waals surface area contributed by atoms with Crippen LogP contribution in [0.1, 0.15) is 25.8 Å². The first-order valence-electron chi connectivity index (χ1n) is 5.06. The molecule has 0 bridgehead atoms. The van der Waals surface area contributed by atoms with Gasteiger partial charge >= 0.3 is 0 Å². The molecule has 2 heterocycles. The Balaban J connectivity index is 2.42. The highest BCUT2D eigenvalue weighted by molar-refractivity contribution is 5.26. The second-order valence-electron chi connectivity index (χ2n) is 4.62. The number of rotatable bonds is 2. The molecule has 3 N–H and O–H groups in total. The molecular weight excluding hydrogens is 174 g/mol. The van der Waals surface area contributed by atoms with Gasteiger partial charge in [-0.05, 0) is 32.3 Å². The number of hydrogen-bond acceptors (Lipinski definition) is 2. The highest BCUT2D eigenvalue weighted by Gasteiger charge is 2.14. The first kappa shape index (κ1) is 9.46. The monoisotopic (exact) mass is 191 g/mol. The highest BCUT2D eigenvalue weighted by atomic mass is 14.8. The van der Waals surface area contributed by atoms with Crippen LogP contribution in [0.5, 0.6) is 0 Å². The molecule has 0 spiro atoms. The molecule has 0 unspecified atom stereocenters. The molecule has 0 radical (unpaired) electrons. The van der Waals surface area contributed by atoms with E-state index in [-0.39, 0.29) is 5.54 Å². The van der Waals surface area contributed by atoms with Crippen molar-refractivity contribution < 1.29 is 0 Å². The van der Waals surface area contributed by atoms with Crippen LogP contribution in [0.25, 0.3) is 6.08 Å². The van der Waals surface area contributed by atoms with E-state index in [1.807, 2.05) is 20.0 Å². The predicted octanol–water partition coefficient (Wildman–Crippen LogP) is 0.0983. The summed E-state index contributed by atoms with van der Waals surface area (Å²) in [6.45, 7) is 4.99. The molecule has 1 aromatic heterocycles. The van der Waals surface area contributed by atoms with Gasteiger partial charge < -0.3 is 10.7 Å². The number of nitrogens with one attached hydrogen (secondary N) is 1. The molecule has 0 amide bonds. The third-order valence-electron chi connectivity index (χ3n) is 2.35. The van der Waals surface area contributed by atoms with E-state index in [0.717, 1.165) is 30.1 Å². The van der Waals surface area contributed by atoms with E-state index in [1.54, 1.807) is 0 Å². The maximum absolute atomic E-state index is 5.99. The molecule has 1 aromatic rings. The third-order valence-corrected chi connectivity index (χ3v) is 2.35. The Hall–Kier alpha value is -1.09. The van der Waals surface area contributed by atoms with Gasteiger partial charge in [-0.1, -0.05) is 6.08 Å². The molecule has 3 heteroatoms. The van der Waals surface area contributed by atoms with Crippen LogP contribution in [0.15, 0.2) is 11.2 Å². The fourth-order valence-electron chi connectivity index (χ4n) is 1.83.